The van der Waals surface area contributed by atoms with Crippen LogP contribution >= 0.6 is 0 Å². The van der Waals surface area contributed by atoms with Crippen LogP contribution in [0.15, 0.2) is 12.4 Å². The highest BCUT2D eigenvalue weighted by Crippen LogP contribution is 2.42. The number of aromatic nitrogens is 2. The van der Waals surface area contributed by atoms with E-state index in [1.165, 1.54) is 19.3 Å². The van der Waals surface area contributed by atoms with Gasteiger partial charge in [-0.15, -0.1) is 0 Å². The van der Waals surface area contributed by atoms with Gasteiger partial charge in [0, 0.05) is 18.7 Å². The molecule has 1 fully saturated rings. The summed E-state index contributed by atoms with van der Waals surface area (Å²) >= 11 is 0. The molecule has 0 saturated heterocycles. The van der Waals surface area contributed by atoms with E-state index in [2.05, 4.69) is 22.4 Å². The quantitative estimate of drug-likeness (QED) is 0.758. The number of nitrogens with one attached hydrogen (secondary N) is 2. The van der Waals surface area contributed by atoms with Crippen LogP contribution in [0.25, 0.3) is 0 Å². The van der Waals surface area contributed by atoms with E-state index in [4.69, 9.17) is 0 Å². The lowest BCUT2D eigenvalue weighted by atomic mass is 10.1. The maximum Gasteiger partial charge on any atom is 0.223 e. The molecule has 1 aromatic rings. The Labute approximate surface area is 102 Å². The number of H-pyrrole nitrogens is 1. The molecule has 1 saturated carbocycles. The summed E-state index contributed by atoms with van der Waals surface area (Å²) in [5.74, 6) is 1.20. The largest absolute Gasteiger partial charge is 0.356 e. The SMILES string of the molecule is CCCC[C@@H]1C[C@@H]1C(=O)NCCc1cn[nH]c1. The minimum absolute atomic E-state index is 0.245. The van der Waals surface area contributed by atoms with Gasteiger partial charge >= 0.3 is 0 Å². The molecular formula is C13H21N3O. The summed E-state index contributed by atoms with van der Waals surface area (Å²) in [6.45, 7) is 2.91. The third-order valence-corrected chi connectivity index (χ3v) is 3.46. The summed E-state index contributed by atoms with van der Waals surface area (Å²) in [5.41, 5.74) is 1.14. The molecule has 0 radical (unpaired) electrons. The normalized spacial score (nSPS) is 22.4. The summed E-state index contributed by atoms with van der Waals surface area (Å²) < 4.78 is 0. The Morgan fingerprint density at radius 1 is 1.65 bits per heavy atom. The topological polar surface area (TPSA) is 57.8 Å². The summed E-state index contributed by atoms with van der Waals surface area (Å²) in [6.07, 6.45) is 9.32. The second kappa shape index (κ2) is 5.84. The fourth-order valence-corrected chi connectivity index (χ4v) is 2.23. The molecule has 4 heteroatoms. The molecule has 2 N–H and O–H groups in total. The molecule has 0 spiro atoms. The first kappa shape index (κ1) is 12.1. The van der Waals surface area contributed by atoms with E-state index < -0.39 is 0 Å². The Balaban J connectivity index is 1.59. The van der Waals surface area contributed by atoms with E-state index in [-0.39, 0.29) is 5.91 Å². The Morgan fingerprint density at radius 3 is 3.24 bits per heavy atom. The van der Waals surface area contributed by atoms with Gasteiger partial charge < -0.3 is 5.32 Å². The van der Waals surface area contributed by atoms with Crippen LogP contribution in [-0.2, 0) is 11.2 Å². The number of carbonyl (C=O) groups is 1. The third-order valence-electron chi connectivity index (χ3n) is 3.46. The molecule has 1 aromatic heterocycles. The van der Waals surface area contributed by atoms with E-state index in [0.717, 1.165) is 24.9 Å². The molecule has 17 heavy (non-hydrogen) atoms. The minimum atomic E-state index is 0.245. The van der Waals surface area contributed by atoms with Crippen LogP contribution in [0.2, 0.25) is 0 Å². The molecule has 2 atom stereocenters. The zero-order valence-electron chi connectivity index (χ0n) is 10.4. The van der Waals surface area contributed by atoms with Crippen molar-refractivity contribution in [1.82, 2.24) is 15.5 Å². The average Bonchev–Trinajstić information content (AvgIpc) is 2.93. The highest BCUT2D eigenvalue weighted by molar-refractivity contribution is 5.81. The number of nitrogens with zero attached hydrogens (tertiary/aromatic N) is 1. The van der Waals surface area contributed by atoms with Crippen molar-refractivity contribution >= 4 is 5.91 Å². The number of hydrogen-bond acceptors (Lipinski definition) is 2. The van der Waals surface area contributed by atoms with Gasteiger partial charge in [-0.25, -0.2) is 0 Å². The van der Waals surface area contributed by atoms with E-state index >= 15 is 0 Å². The number of aromatic amines is 1. The lowest BCUT2D eigenvalue weighted by molar-refractivity contribution is -0.122. The Hall–Kier alpha value is -1.32. The summed E-state index contributed by atoms with van der Waals surface area (Å²) in [6, 6.07) is 0. The van der Waals surface area contributed by atoms with Crippen LogP contribution in [-0.4, -0.2) is 22.6 Å². The average molecular weight is 235 g/mol. The standard InChI is InChI=1S/C13H21N3O/c1-2-3-4-11-7-12(11)13(17)14-6-5-10-8-15-16-9-10/h8-9,11-12H,2-7H2,1H3,(H,14,17)(H,15,16)/t11-,12+/m1/s1. The van der Waals surface area contributed by atoms with Gasteiger partial charge in [0.2, 0.25) is 5.91 Å². The van der Waals surface area contributed by atoms with Gasteiger partial charge in [0.05, 0.1) is 6.20 Å². The summed E-state index contributed by atoms with van der Waals surface area (Å²) in [4.78, 5) is 11.8. The molecule has 0 unspecified atom stereocenters. The lowest BCUT2D eigenvalue weighted by Crippen LogP contribution is -2.27. The van der Waals surface area contributed by atoms with Crippen molar-refractivity contribution in [3.8, 4) is 0 Å². The Kier molecular flexibility index (Phi) is 4.18. The smallest absolute Gasteiger partial charge is 0.223 e. The zero-order chi connectivity index (χ0) is 12.1. The van der Waals surface area contributed by atoms with E-state index in [1.54, 1.807) is 6.20 Å². The third kappa shape index (κ3) is 3.58. The lowest BCUT2D eigenvalue weighted by Gasteiger charge is -2.03. The predicted molar refractivity (Wildman–Crippen MR) is 66.4 cm³/mol. The van der Waals surface area contributed by atoms with Crippen LogP contribution in [0.5, 0.6) is 0 Å². The molecule has 1 heterocycles. The fraction of sp³-hybridized carbons (Fsp3) is 0.692. The number of carbonyl (C=O) groups excluding carboxylic acids is 1. The Bertz CT molecular complexity index is 348. The molecule has 0 bridgehead atoms. The van der Waals surface area contributed by atoms with Crippen molar-refractivity contribution in [3.05, 3.63) is 18.0 Å². The van der Waals surface area contributed by atoms with Crippen LogP contribution in [0, 0.1) is 11.8 Å². The van der Waals surface area contributed by atoms with Crippen molar-refractivity contribution < 1.29 is 4.79 Å². The number of amides is 1. The van der Waals surface area contributed by atoms with Crippen molar-refractivity contribution in [2.24, 2.45) is 11.8 Å². The van der Waals surface area contributed by atoms with Crippen molar-refractivity contribution in [1.29, 1.82) is 0 Å². The van der Waals surface area contributed by atoms with Gasteiger partial charge in [-0.3, -0.25) is 9.89 Å². The summed E-state index contributed by atoms with van der Waals surface area (Å²) in [5, 5.41) is 9.65. The zero-order valence-corrected chi connectivity index (χ0v) is 10.4. The van der Waals surface area contributed by atoms with Gasteiger partial charge in [-0.1, -0.05) is 19.8 Å². The molecule has 0 aliphatic heterocycles. The predicted octanol–water partition coefficient (Wildman–Crippen LogP) is 1.89. The van der Waals surface area contributed by atoms with E-state index in [9.17, 15) is 4.79 Å². The van der Waals surface area contributed by atoms with E-state index in [1.807, 2.05) is 6.20 Å². The van der Waals surface area contributed by atoms with Crippen LogP contribution in [0.3, 0.4) is 0 Å². The highest BCUT2D eigenvalue weighted by atomic mass is 16.2. The van der Waals surface area contributed by atoms with Crippen LogP contribution in [0.4, 0.5) is 0 Å². The maximum absolute atomic E-state index is 11.8. The number of hydrogen-bond donors (Lipinski definition) is 2. The van der Waals surface area contributed by atoms with Crippen LogP contribution in [0.1, 0.15) is 38.2 Å². The van der Waals surface area contributed by atoms with Crippen LogP contribution < -0.4 is 5.32 Å². The van der Waals surface area contributed by atoms with Gasteiger partial charge in [0.25, 0.3) is 0 Å². The van der Waals surface area contributed by atoms with Gasteiger partial charge in [0.1, 0.15) is 0 Å². The first-order valence-corrected chi connectivity index (χ1v) is 6.56. The van der Waals surface area contributed by atoms with E-state index in [0.29, 0.717) is 11.8 Å². The van der Waals surface area contributed by atoms with Gasteiger partial charge in [0.15, 0.2) is 0 Å². The molecule has 1 amide bonds. The first-order valence-electron chi connectivity index (χ1n) is 6.56. The Morgan fingerprint density at radius 2 is 2.53 bits per heavy atom. The second-order valence-corrected chi connectivity index (χ2v) is 4.89. The highest BCUT2D eigenvalue weighted by Gasteiger charge is 2.41. The van der Waals surface area contributed by atoms with Crippen molar-refractivity contribution in [2.75, 3.05) is 6.54 Å². The second-order valence-electron chi connectivity index (χ2n) is 4.89. The minimum Gasteiger partial charge on any atom is -0.356 e. The molecule has 1 aliphatic carbocycles. The molecule has 2 rings (SSSR count). The van der Waals surface area contributed by atoms with Crippen molar-refractivity contribution in [3.63, 3.8) is 0 Å². The first-order chi connectivity index (χ1) is 8.31. The van der Waals surface area contributed by atoms with Gasteiger partial charge in [-0.05, 0) is 30.7 Å². The maximum atomic E-state index is 11.8. The monoisotopic (exact) mass is 235 g/mol. The summed E-state index contributed by atoms with van der Waals surface area (Å²) in [7, 11) is 0. The van der Waals surface area contributed by atoms with Gasteiger partial charge in [-0.2, -0.15) is 5.10 Å². The molecular weight excluding hydrogens is 214 g/mol. The number of unbranched alkanes of at least 4 members (excludes halogenated alkanes) is 1. The molecule has 1 aliphatic rings. The molecule has 0 aromatic carbocycles. The fourth-order valence-electron chi connectivity index (χ4n) is 2.23. The molecule has 4 nitrogen and oxygen atoms in total. The molecule has 94 valence electrons. The number of rotatable bonds is 7. The van der Waals surface area contributed by atoms with Crippen molar-refractivity contribution in [2.45, 2.75) is 39.0 Å².